The summed E-state index contributed by atoms with van der Waals surface area (Å²) in [6.07, 6.45) is 3.93. The normalized spacial score (nSPS) is 14.0. The molecule has 12 nitrogen and oxygen atoms in total. The van der Waals surface area contributed by atoms with Crippen molar-refractivity contribution in [2.75, 3.05) is 24.0 Å². The molecule has 0 saturated carbocycles. The van der Waals surface area contributed by atoms with Gasteiger partial charge in [-0.3, -0.25) is 19.2 Å². The lowest BCUT2D eigenvalue weighted by Crippen LogP contribution is -2.57. The summed E-state index contributed by atoms with van der Waals surface area (Å²) in [5.41, 5.74) is 11.6. The molecular weight excluding hydrogens is 534 g/mol. The van der Waals surface area contributed by atoms with E-state index in [-0.39, 0.29) is 31.4 Å². The van der Waals surface area contributed by atoms with E-state index >= 15 is 0 Å². The summed E-state index contributed by atoms with van der Waals surface area (Å²) in [5.74, 6) is -2.78. The fourth-order valence-corrected chi connectivity index (χ4v) is 4.29. The van der Waals surface area contributed by atoms with Gasteiger partial charge in [0.2, 0.25) is 23.6 Å². The Morgan fingerprint density at radius 1 is 0.816 bits per heavy atom. The van der Waals surface area contributed by atoms with Crippen LogP contribution in [0.25, 0.3) is 0 Å². The van der Waals surface area contributed by atoms with Crippen molar-refractivity contribution in [3.8, 4) is 5.75 Å². The van der Waals surface area contributed by atoms with Gasteiger partial charge in [0.15, 0.2) is 0 Å². The smallest absolute Gasteiger partial charge is 0.326 e. The molecule has 1 aromatic rings. The molecular formula is C24H37N5O7S2. The molecule has 0 aliphatic rings. The van der Waals surface area contributed by atoms with Crippen molar-refractivity contribution in [1.29, 1.82) is 0 Å². The fourth-order valence-electron chi connectivity index (χ4n) is 3.32. The van der Waals surface area contributed by atoms with Gasteiger partial charge >= 0.3 is 5.97 Å². The van der Waals surface area contributed by atoms with Gasteiger partial charge in [0, 0.05) is 12.8 Å². The van der Waals surface area contributed by atoms with Crippen molar-refractivity contribution in [3.05, 3.63) is 29.8 Å². The molecule has 1 aromatic carbocycles. The number of nitrogens with one attached hydrogen (secondary N) is 3. The number of phenols is 1. The minimum absolute atomic E-state index is 0.00818. The third-order valence-corrected chi connectivity index (χ3v) is 6.80. The Morgan fingerprint density at radius 2 is 1.34 bits per heavy atom. The number of hydrogen-bond acceptors (Lipinski definition) is 9. The lowest BCUT2D eigenvalue weighted by Gasteiger charge is -2.25. The van der Waals surface area contributed by atoms with E-state index < -0.39 is 53.8 Å². The lowest BCUT2D eigenvalue weighted by molar-refractivity contribution is -0.142. The quantitative estimate of drug-likeness (QED) is 0.121. The molecule has 0 saturated heterocycles. The number of benzene rings is 1. The van der Waals surface area contributed by atoms with Crippen LogP contribution in [-0.2, 0) is 30.4 Å². The summed E-state index contributed by atoms with van der Waals surface area (Å²) in [4.78, 5) is 61.7. The molecule has 14 heteroatoms. The molecule has 0 aliphatic carbocycles. The summed E-state index contributed by atoms with van der Waals surface area (Å²) in [6.45, 7) is 0. The Bertz CT molecular complexity index is 949. The van der Waals surface area contributed by atoms with E-state index in [0.29, 0.717) is 23.5 Å². The zero-order valence-corrected chi connectivity index (χ0v) is 23.1. The number of amides is 4. The van der Waals surface area contributed by atoms with E-state index in [9.17, 15) is 34.2 Å². The van der Waals surface area contributed by atoms with E-state index in [1.807, 2.05) is 12.5 Å². The van der Waals surface area contributed by atoms with Crippen LogP contribution in [0.3, 0.4) is 0 Å². The monoisotopic (exact) mass is 571 g/mol. The average Bonchev–Trinajstić information content (AvgIpc) is 2.87. The van der Waals surface area contributed by atoms with Gasteiger partial charge in [-0.25, -0.2) is 4.79 Å². The van der Waals surface area contributed by atoms with Gasteiger partial charge < -0.3 is 37.6 Å². The van der Waals surface area contributed by atoms with E-state index in [2.05, 4.69) is 16.0 Å². The van der Waals surface area contributed by atoms with Crippen LogP contribution in [0.5, 0.6) is 5.75 Å². The molecule has 0 heterocycles. The van der Waals surface area contributed by atoms with Gasteiger partial charge in [-0.1, -0.05) is 12.1 Å². The highest BCUT2D eigenvalue weighted by molar-refractivity contribution is 7.98. The Morgan fingerprint density at radius 3 is 1.89 bits per heavy atom. The number of aliphatic carboxylic acids is 1. The second-order valence-corrected chi connectivity index (χ2v) is 10.5. The number of carboxylic acids is 1. The molecule has 38 heavy (non-hydrogen) atoms. The number of rotatable bonds is 18. The van der Waals surface area contributed by atoms with Crippen LogP contribution in [-0.4, -0.2) is 88.0 Å². The number of nitrogens with two attached hydrogens (primary N) is 2. The van der Waals surface area contributed by atoms with Crippen molar-refractivity contribution >= 4 is 53.1 Å². The third kappa shape index (κ3) is 12.5. The number of aromatic hydroxyl groups is 1. The molecule has 0 aromatic heterocycles. The van der Waals surface area contributed by atoms with Crippen LogP contribution in [0, 0.1) is 0 Å². The number of hydrogen-bond donors (Lipinski definition) is 7. The predicted molar refractivity (Wildman–Crippen MR) is 148 cm³/mol. The van der Waals surface area contributed by atoms with Crippen molar-refractivity contribution in [2.45, 2.75) is 56.3 Å². The highest BCUT2D eigenvalue weighted by Gasteiger charge is 2.30. The largest absolute Gasteiger partial charge is 0.508 e. The number of carboxylic acid groups (broad SMARTS) is 1. The highest BCUT2D eigenvalue weighted by Crippen LogP contribution is 2.13. The molecule has 0 bridgehead atoms. The molecule has 9 N–H and O–H groups in total. The second-order valence-electron chi connectivity index (χ2n) is 8.57. The number of carbonyl (C=O) groups is 5. The van der Waals surface area contributed by atoms with Crippen molar-refractivity contribution in [1.82, 2.24) is 16.0 Å². The fraction of sp³-hybridized carbons (Fsp3) is 0.542. The van der Waals surface area contributed by atoms with E-state index in [0.717, 1.165) is 0 Å². The first kappa shape index (κ1) is 33.1. The van der Waals surface area contributed by atoms with Gasteiger partial charge in [-0.15, -0.1) is 0 Å². The van der Waals surface area contributed by atoms with E-state index in [1.54, 1.807) is 23.9 Å². The summed E-state index contributed by atoms with van der Waals surface area (Å²) in [7, 11) is 0. The third-order valence-electron chi connectivity index (χ3n) is 5.52. The van der Waals surface area contributed by atoms with E-state index in [4.69, 9.17) is 11.5 Å². The van der Waals surface area contributed by atoms with Crippen LogP contribution in [0.4, 0.5) is 0 Å². The molecule has 1 rings (SSSR count). The van der Waals surface area contributed by atoms with Crippen LogP contribution < -0.4 is 27.4 Å². The summed E-state index contributed by atoms with van der Waals surface area (Å²) in [6, 6.07) is 1.53. The molecule has 4 atom stereocenters. The molecule has 0 radical (unpaired) electrons. The predicted octanol–water partition coefficient (Wildman–Crippen LogP) is -0.427. The van der Waals surface area contributed by atoms with Gasteiger partial charge in [0.25, 0.3) is 0 Å². The first-order valence-corrected chi connectivity index (χ1v) is 14.7. The zero-order valence-electron chi connectivity index (χ0n) is 21.5. The minimum atomic E-state index is -1.41. The maximum absolute atomic E-state index is 13.2. The lowest BCUT2D eigenvalue weighted by atomic mass is 10.0. The Balaban J connectivity index is 3.12. The number of carbonyl (C=O) groups excluding carboxylic acids is 4. The molecule has 0 fully saturated rings. The Labute approximate surface area is 230 Å². The van der Waals surface area contributed by atoms with Crippen molar-refractivity contribution in [2.24, 2.45) is 11.5 Å². The number of phenolic OH excluding ortho intramolecular Hbond substituents is 1. The topological polar surface area (TPSA) is 214 Å². The van der Waals surface area contributed by atoms with Gasteiger partial charge in [0.1, 0.15) is 23.9 Å². The first-order valence-electron chi connectivity index (χ1n) is 11.9. The molecule has 212 valence electrons. The van der Waals surface area contributed by atoms with E-state index in [1.165, 1.54) is 23.9 Å². The van der Waals surface area contributed by atoms with Gasteiger partial charge in [-0.05, 0) is 61.0 Å². The van der Waals surface area contributed by atoms with Crippen LogP contribution in [0.15, 0.2) is 24.3 Å². The van der Waals surface area contributed by atoms with Crippen molar-refractivity contribution in [3.63, 3.8) is 0 Å². The Hall–Kier alpha value is -2.97. The number of thioether (sulfide) groups is 2. The molecule has 0 spiro atoms. The summed E-state index contributed by atoms with van der Waals surface area (Å²) < 4.78 is 0. The van der Waals surface area contributed by atoms with Gasteiger partial charge in [-0.2, -0.15) is 23.5 Å². The highest BCUT2D eigenvalue weighted by atomic mass is 32.2. The number of primary amides is 1. The zero-order chi connectivity index (χ0) is 28.7. The maximum atomic E-state index is 13.2. The second kappa shape index (κ2) is 17.5. The van der Waals surface area contributed by atoms with Crippen LogP contribution in [0.2, 0.25) is 0 Å². The van der Waals surface area contributed by atoms with Crippen LogP contribution >= 0.6 is 23.5 Å². The average molecular weight is 572 g/mol. The summed E-state index contributed by atoms with van der Waals surface area (Å²) >= 11 is 3.01. The minimum Gasteiger partial charge on any atom is -0.508 e. The summed E-state index contributed by atoms with van der Waals surface area (Å²) in [5, 5.41) is 26.7. The molecule has 0 aliphatic heterocycles. The maximum Gasteiger partial charge on any atom is 0.326 e. The van der Waals surface area contributed by atoms with Crippen molar-refractivity contribution < 1.29 is 34.2 Å². The van der Waals surface area contributed by atoms with Crippen LogP contribution in [0.1, 0.15) is 31.2 Å². The first-order chi connectivity index (χ1) is 18.0. The standard InChI is InChI=1S/C24H37N5O7S2/c1-37-11-9-16(25)21(32)27-17(10-12-38-2)22(33)29-19(13-14-3-5-15(30)6-4-14)23(34)28-18(24(35)36)7-8-20(26)31/h3-6,16-19,30H,7-13,25H2,1-2H3,(H2,26,31)(H,27,32)(H,28,34)(H,29,33)(H,35,36). The molecule has 4 unspecified atom stereocenters. The van der Waals surface area contributed by atoms with Gasteiger partial charge in [0.05, 0.1) is 6.04 Å². The molecule has 4 amide bonds. The SMILES string of the molecule is CSCCC(N)C(=O)NC(CCSC)C(=O)NC(Cc1ccc(O)cc1)C(=O)NC(CCC(N)=O)C(=O)O. The Kier molecular flexibility index (Phi) is 15.2.